The predicted molar refractivity (Wildman–Crippen MR) is 117 cm³/mol. The summed E-state index contributed by atoms with van der Waals surface area (Å²) >= 11 is 23.2. The maximum atomic E-state index is 12.5. The molecule has 0 saturated carbocycles. The second kappa shape index (κ2) is 10.0. The van der Waals surface area contributed by atoms with Gasteiger partial charge in [0.15, 0.2) is 5.11 Å². The molecule has 6 nitrogen and oxygen atoms in total. The highest BCUT2D eigenvalue weighted by Crippen LogP contribution is 2.29. The van der Waals surface area contributed by atoms with E-state index in [-0.39, 0.29) is 5.11 Å². The molecule has 1 atom stereocenters. The molecule has 28 heavy (non-hydrogen) atoms. The molecule has 3 N–H and O–H groups in total. The van der Waals surface area contributed by atoms with Crippen LogP contribution in [0.25, 0.3) is 0 Å². The zero-order valence-electron chi connectivity index (χ0n) is 15.0. The van der Waals surface area contributed by atoms with E-state index in [4.69, 9.17) is 56.5 Å². The fourth-order valence-corrected chi connectivity index (χ4v) is 2.69. The summed E-state index contributed by atoms with van der Waals surface area (Å²) in [5.41, 5.74) is 1.07. The third-order valence-electron chi connectivity index (χ3n) is 3.58. The fraction of sp³-hybridized carbons (Fsp3) is 0.222. The average molecular weight is 463 g/mol. The number of rotatable bonds is 6. The van der Waals surface area contributed by atoms with E-state index in [2.05, 4.69) is 16.0 Å². The second-order valence-corrected chi connectivity index (χ2v) is 8.28. The van der Waals surface area contributed by atoms with Crippen molar-refractivity contribution >= 4 is 63.7 Å². The molecular formula is C18H18Cl3N3O3S. The van der Waals surface area contributed by atoms with Gasteiger partial charge in [-0.25, -0.2) is 0 Å². The quantitative estimate of drug-likeness (QED) is 0.341. The number of ether oxygens (including phenoxy) is 2. The van der Waals surface area contributed by atoms with Gasteiger partial charge in [-0.2, -0.15) is 0 Å². The van der Waals surface area contributed by atoms with Crippen LogP contribution in [0.5, 0.6) is 11.5 Å². The number of benzene rings is 2. The summed E-state index contributed by atoms with van der Waals surface area (Å²) in [6.45, 7) is 0. The topological polar surface area (TPSA) is 71.6 Å². The van der Waals surface area contributed by atoms with Crippen LogP contribution in [0.15, 0.2) is 48.5 Å². The summed E-state index contributed by atoms with van der Waals surface area (Å²) in [4.78, 5) is 12.5. The van der Waals surface area contributed by atoms with Crippen LogP contribution in [0.2, 0.25) is 0 Å². The Morgan fingerprint density at radius 1 is 0.929 bits per heavy atom. The third-order valence-corrected chi connectivity index (χ3v) is 4.45. The number of alkyl halides is 3. The van der Waals surface area contributed by atoms with Crippen LogP contribution < -0.4 is 25.4 Å². The highest BCUT2D eigenvalue weighted by atomic mass is 35.6. The molecule has 0 fully saturated rings. The largest absolute Gasteiger partial charge is 0.497 e. The van der Waals surface area contributed by atoms with E-state index in [0.717, 1.165) is 0 Å². The first-order valence-electron chi connectivity index (χ1n) is 7.96. The van der Waals surface area contributed by atoms with E-state index in [9.17, 15) is 4.79 Å². The number of thiocarbonyl (C=S) groups is 1. The molecule has 0 radical (unpaired) electrons. The minimum absolute atomic E-state index is 0.163. The van der Waals surface area contributed by atoms with Crippen LogP contribution in [-0.4, -0.2) is 35.2 Å². The zero-order chi connectivity index (χ0) is 20.7. The highest BCUT2D eigenvalue weighted by molar-refractivity contribution is 7.80. The molecule has 0 saturated heterocycles. The van der Waals surface area contributed by atoms with Crippen LogP contribution in [0.1, 0.15) is 10.4 Å². The summed E-state index contributed by atoms with van der Waals surface area (Å²) in [6, 6.07) is 13.6. The predicted octanol–water partition coefficient (Wildman–Crippen LogP) is 4.12. The Kier molecular flexibility index (Phi) is 8.00. The molecule has 2 aromatic rings. The van der Waals surface area contributed by atoms with Crippen molar-refractivity contribution in [3.05, 3.63) is 54.1 Å². The lowest BCUT2D eigenvalue weighted by atomic mass is 10.2. The van der Waals surface area contributed by atoms with Crippen molar-refractivity contribution in [2.24, 2.45) is 0 Å². The number of methoxy groups -OCH3 is 2. The summed E-state index contributed by atoms with van der Waals surface area (Å²) in [5.74, 6) is 0.881. The summed E-state index contributed by atoms with van der Waals surface area (Å²) in [6.07, 6.45) is -1.08. The van der Waals surface area contributed by atoms with Gasteiger partial charge in [-0.3, -0.25) is 4.79 Å². The minimum Gasteiger partial charge on any atom is -0.497 e. The van der Waals surface area contributed by atoms with Gasteiger partial charge in [-0.1, -0.05) is 34.8 Å². The Balaban J connectivity index is 2.03. The molecule has 1 amide bonds. The Bertz CT molecular complexity index is 812. The first kappa shape index (κ1) is 22.4. The van der Waals surface area contributed by atoms with Crippen LogP contribution in [0.3, 0.4) is 0 Å². The second-order valence-electron chi connectivity index (χ2n) is 5.50. The number of halogens is 3. The van der Waals surface area contributed by atoms with Gasteiger partial charge < -0.3 is 25.4 Å². The third kappa shape index (κ3) is 6.60. The number of amides is 1. The standard InChI is InChI=1S/C18H18Cl3N3O3S/c1-26-13-7-3-11(4-8-13)15(25)23-16(18(19,20)21)24-17(28)22-12-5-9-14(27-2)10-6-12/h3-10,16H,1-2H3,(H,23,25)(H2,22,24,28)/t16-/m0/s1. The Hall–Kier alpha value is -1.93. The van der Waals surface area contributed by atoms with Crippen LogP contribution in [0.4, 0.5) is 5.69 Å². The number of nitrogens with one attached hydrogen (secondary N) is 3. The Labute approximate surface area is 183 Å². The number of hydrogen-bond acceptors (Lipinski definition) is 4. The van der Waals surface area contributed by atoms with Crippen molar-refractivity contribution < 1.29 is 14.3 Å². The summed E-state index contributed by atoms with van der Waals surface area (Å²) < 4.78 is 8.31. The molecular weight excluding hydrogens is 445 g/mol. The molecule has 0 aliphatic heterocycles. The first-order chi connectivity index (χ1) is 13.2. The lowest BCUT2D eigenvalue weighted by Crippen LogP contribution is -2.56. The van der Waals surface area contributed by atoms with E-state index < -0.39 is 15.9 Å². The highest BCUT2D eigenvalue weighted by Gasteiger charge is 2.34. The molecule has 0 bridgehead atoms. The molecule has 0 aliphatic rings. The van der Waals surface area contributed by atoms with Gasteiger partial charge in [-0.05, 0) is 60.7 Å². The maximum Gasteiger partial charge on any atom is 0.252 e. The van der Waals surface area contributed by atoms with E-state index in [1.165, 1.54) is 7.11 Å². The van der Waals surface area contributed by atoms with Gasteiger partial charge >= 0.3 is 0 Å². The van der Waals surface area contributed by atoms with Crippen molar-refractivity contribution in [2.45, 2.75) is 9.96 Å². The summed E-state index contributed by atoms with van der Waals surface area (Å²) in [5, 5.41) is 8.51. The molecule has 0 aliphatic carbocycles. The number of carbonyl (C=O) groups excluding carboxylic acids is 1. The van der Waals surface area contributed by atoms with Crippen molar-refractivity contribution in [1.82, 2.24) is 10.6 Å². The fourth-order valence-electron chi connectivity index (χ4n) is 2.13. The van der Waals surface area contributed by atoms with Gasteiger partial charge in [0.05, 0.1) is 14.2 Å². The average Bonchev–Trinajstić information content (AvgIpc) is 2.67. The van der Waals surface area contributed by atoms with Gasteiger partial charge in [0.2, 0.25) is 3.79 Å². The molecule has 2 aromatic carbocycles. The number of anilines is 1. The van der Waals surface area contributed by atoms with Gasteiger partial charge in [0.1, 0.15) is 17.7 Å². The molecule has 0 unspecified atom stereocenters. The van der Waals surface area contributed by atoms with Crippen molar-refractivity contribution in [2.75, 3.05) is 19.5 Å². The molecule has 0 aromatic heterocycles. The zero-order valence-corrected chi connectivity index (χ0v) is 18.0. The van der Waals surface area contributed by atoms with E-state index >= 15 is 0 Å². The molecule has 0 heterocycles. The molecule has 0 spiro atoms. The normalized spacial score (nSPS) is 11.9. The van der Waals surface area contributed by atoms with Crippen LogP contribution >= 0.6 is 47.0 Å². The smallest absolute Gasteiger partial charge is 0.252 e. The Morgan fingerprint density at radius 2 is 1.43 bits per heavy atom. The SMILES string of the molecule is COc1ccc(NC(=S)N[C@H](NC(=O)c2ccc(OC)cc2)C(Cl)(Cl)Cl)cc1. The first-order valence-corrected chi connectivity index (χ1v) is 9.50. The van der Waals surface area contributed by atoms with Crippen molar-refractivity contribution in [3.8, 4) is 11.5 Å². The number of carbonyl (C=O) groups is 1. The Morgan fingerprint density at radius 3 is 1.89 bits per heavy atom. The van der Waals surface area contributed by atoms with Crippen LogP contribution in [-0.2, 0) is 0 Å². The van der Waals surface area contributed by atoms with Crippen molar-refractivity contribution in [1.29, 1.82) is 0 Å². The number of hydrogen-bond donors (Lipinski definition) is 3. The van der Waals surface area contributed by atoms with E-state index in [1.807, 2.05) is 0 Å². The van der Waals surface area contributed by atoms with E-state index in [1.54, 1.807) is 55.6 Å². The lowest BCUT2D eigenvalue weighted by Gasteiger charge is -2.27. The molecule has 150 valence electrons. The van der Waals surface area contributed by atoms with Crippen molar-refractivity contribution in [3.63, 3.8) is 0 Å². The molecule has 2 rings (SSSR count). The molecule has 10 heteroatoms. The maximum absolute atomic E-state index is 12.5. The lowest BCUT2D eigenvalue weighted by molar-refractivity contribution is 0.0934. The van der Waals surface area contributed by atoms with Crippen LogP contribution in [0, 0.1) is 0 Å². The van der Waals surface area contributed by atoms with Gasteiger partial charge in [0.25, 0.3) is 5.91 Å². The van der Waals surface area contributed by atoms with E-state index in [0.29, 0.717) is 22.7 Å². The van der Waals surface area contributed by atoms with Gasteiger partial charge in [0, 0.05) is 11.3 Å². The minimum atomic E-state index is -1.85. The summed E-state index contributed by atoms with van der Waals surface area (Å²) in [7, 11) is 3.11. The van der Waals surface area contributed by atoms with Gasteiger partial charge in [-0.15, -0.1) is 0 Å². The monoisotopic (exact) mass is 461 g/mol.